The maximum Gasteiger partial charge on any atom is 0.136 e. The molecule has 0 bridgehead atoms. The average molecular weight is 465 g/mol. The van der Waals surface area contributed by atoms with Crippen LogP contribution in [-0.2, 0) is 29.7 Å². The van der Waals surface area contributed by atoms with Crippen LogP contribution in [0.1, 0.15) is 62.3 Å². The summed E-state index contributed by atoms with van der Waals surface area (Å²) in [6, 6.07) is 16.7. The van der Waals surface area contributed by atoms with E-state index in [4.69, 9.17) is 4.74 Å². The lowest BCUT2D eigenvalue weighted by atomic mass is 9.69. The van der Waals surface area contributed by atoms with E-state index in [0.717, 1.165) is 43.5 Å². The molecule has 2 rings (SSSR count). The van der Waals surface area contributed by atoms with Gasteiger partial charge in [-0.25, -0.2) is 0 Å². The molecule has 0 amide bonds. The van der Waals surface area contributed by atoms with Gasteiger partial charge in [0, 0.05) is 24.9 Å². The van der Waals surface area contributed by atoms with Crippen molar-refractivity contribution in [2.24, 2.45) is 5.92 Å². The number of likely N-dealkylation sites (N-methyl/N-ethyl adjacent to an activating group) is 1. The lowest BCUT2D eigenvalue weighted by Gasteiger charge is -2.32. The van der Waals surface area contributed by atoms with Crippen LogP contribution in [0.25, 0.3) is 0 Å². The number of aliphatic hydroxyl groups is 1. The molecule has 0 saturated heterocycles. The Bertz CT molecular complexity index is 980. The quantitative estimate of drug-likeness (QED) is 0.422. The molecule has 0 saturated carbocycles. The Balaban J connectivity index is 1.99. The molecule has 0 heterocycles. The van der Waals surface area contributed by atoms with Crippen LogP contribution in [0, 0.1) is 17.2 Å². The summed E-state index contributed by atoms with van der Waals surface area (Å²) in [7, 11) is 3.70. The Kier molecular flexibility index (Phi) is 10.8. The topological polar surface area (TPSA) is 73.6 Å². The molecule has 184 valence electrons. The third-order valence-electron chi connectivity index (χ3n) is 6.83. The van der Waals surface area contributed by atoms with E-state index in [0.29, 0.717) is 24.2 Å². The number of hydrogen-bond acceptors (Lipinski definition) is 5. The number of Topliss-reactive ketones (excluding diaryl/α,β-unsaturated/α-hetero) is 1. The highest BCUT2D eigenvalue weighted by atomic mass is 16.5. The van der Waals surface area contributed by atoms with Gasteiger partial charge in [0.05, 0.1) is 25.2 Å². The maximum absolute atomic E-state index is 11.8. The van der Waals surface area contributed by atoms with E-state index in [1.54, 1.807) is 7.11 Å². The lowest BCUT2D eigenvalue weighted by molar-refractivity contribution is -0.118. The molecule has 1 N–H and O–H groups in total. The van der Waals surface area contributed by atoms with Crippen molar-refractivity contribution in [3.63, 3.8) is 0 Å². The Morgan fingerprint density at radius 2 is 1.91 bits per heavy atom. The Morgan fingerprint density at radius 1 is 1.18 bits per heavy atom. The number of benzene rings is 2. The summed E-state index contributed by atoms with van der Waals surface area (Å²) in [5.74, 6) is 1.05. The van der Waals surface area contributed by atoms with E-state index in [9.17, 15) is 15.2 Å². The van der Waals surface area contributed by atoms with Crippen molar-refractivity contribution in [2.75, 3.05) is 27.2 Å². The first-order valence-electron chi connectivity index (χ1n) is 12.3. The standard InChI is InChI=1S/C29H40N2O3/c1-6-27(33)18-24-10-7-9-23(17-24)13-16-31(4)15-8-14-29(21-30,22(2)3)26-11-12-28(34-5)25(19-26)20-32/h7,9-12,17,19,22,32H,6,8,13-16,18,20H2,1-5H3. The van der Waals surface area contributed by atoms with E-state index in [-0.39, 0.29) is 18.3 Å². The summed E-state index contributed by atoms with van der Waals surface area (Å²) < 4.78 is 5.34. The summed E-state index contributed by atoms with van der Waals surface area (Å²) in [5.41, 5.74) is 3.37. The predicted molar refractivity (Wildman–Crippen MR) is 137 cm³/mol. The first kappa shape index (κ1) is 27.6. The smallest absolute Gasteiger partial charge is 0.136 e. The Hall–Kier alpha value is -2.68. The number of aliphatic hydroxyl groups excluding tert-OH is 1. The van der Waals surface area contributed by atoms with Gasteiger partial charge in [-0.3, -0.25) is 4.79 Å². The molecule has 0 fully saturated rings. The number of carbonyl (C=O) groups is 1. The number of ketones is 1. The van der Waals surface area contributed by atoms with Gasteiger partial charge in [0.15, 0.2) is 0 Å². The lowest BCUT2D eigenvalue weighted by Crippen LogP contribution is -2.32. The van der Waals surface area contributed by atoms with Crippen LogP contribution in [0.5, 0.6) is 5.75 Å². The highest BCUT2D eigenvalue weighted by Crippen LogP contribution is 2.38. The van der Waals surface area contributed by atoms with Gasteiger partial charge in [-0.2, -0.15) is 5.26 Å². The molecular weight excluding hydrogens is 424 g/mol. The van der Waals surface area contributed by atoms with Gasteiger partial charge in [0.2, 0.25) is 0 Å². The molecular formula is C29H40N2O3. The number of carbonyl (C=O) groups excluding carboxylic acids is 1. The minimum Gasteiger partial charge on any atom is -0.496 e. The zero-order chi connectivity index (χ0) is 25.1. The average Bonchev–Trinajstić information content (AvgIpc) is 2.85. The molecule has 0 radical (unpaired) electrons. The Labute approximate surface area is 205 Å². The van der Waals surface area contributed by atoms with E-state index in [2.05, 4.69) is 44.0 Å². The molecule has 2 aromatic rings. The van der Waals surface area contributed by atoms with Crippen molar-refractivity contribution >= 4 is 5.78 Å². The van der Waals surface area contributed by atoms with E-state index in [1.807, 2.05) is 37.3 Å². The van der Waals surface area contributed by atoms with Crippen LogP contribution < -0.4 is 4.74 Å². The van der Waals surface area contributed by atoms with Gasteiger partial charge in [0.25, 0.3) is 0 Å². The number of methoxy groups -OCH3 is 1. The molecule has 2 aromatic carbocycles. The third kappa shape index (κ3) is 7.16. The first-order valence-corrected chi connectivity index (χ1v) is 12.3. The fourth-order valence-corrected chi connectivity index (χ4v) is 4.50. The number of ether oxygens (including phenoxy) is 1. The van der Waals surface area contributed by atoms with Crippen molar-refractivity contribution in [1.29, 1.82) is 5.26 Å². The molecule has 5 heteroatoms. The zero-order valence-electron chi connectivity index (χ0n) is 21.4. The van der Waals surface area contributed by atoms with Gasteiger partial charge in [0.1, 0.15) is 11.5 Å². The van der Waals surface area contributed by atoms with Crippen LogP contribution in [0.2, 0.25) is 0 Å². The highest BCUT2D eigenvalue weighted by Gasteiger charge is 2.36. The van der Waals surface area contributed by atoms with Crippen molar-refractivity contribution < 1.29 is 14.6 Å². The molecule has 0 aliphatic rings. The first-order chi connectivity index (χ1) is 16.3. The molecule has 34 heavy (non-hydrogen) atoms. The zero-order valence-corrected chi connectivity index (χ0v) is 21.4. The molecule has 0 aromatic heterocycles. The van der Waals surface area contributed by atoms with Crippen LogP contribution >= 0.6 is 0 Å². The van der Waals surface area contributed by atoms with Crippen molar-refractivity contribution in [2.45, 2.75) is 64.9 Å². The second-order valence-electron chi connectivity index (χ2n) is 9.47. The summed E-state index contributed by atoms with van der Waals surface area (Å²) >= 11 is 0. The molecule has 5 nitrogen and oxygen atoms in total. The SMILES string of the molecule is CCC(=O)Cc1cccc(CCN(C)CCCC(C#N)(c2ccc(OC)c(CO)c2)C(C)C)c1. The minimum absolute atomic E-state index is 0.118. The van der Waals surface area contributed by atoms with Gasteiger partial charge in [-0.05, 0) is 67.6 Å². The number of hydrogen-bond donors (Lipinski definition) is 1. The van der Waals surface area contributed by atoms with Crippen LogP contribution in [0.4, 0.5) is 0 Å². The predicted octanol–water partition coefficient (Wildman–Crippen LogP) is 5.08. The largest absolute Gasteiger partial charge is 0.496 e. The molecule has 1 atom stereocenters. The summed E-state index contributed by atoms with van der Waals surface area (Å²) in [4.78, 5) is 14.1. The fourth-order valence-electron chi connectivity index (χ4n) is 4.50. The number of nitrogens with zero attached hydrogens (tertiary/aromatic N) is 2. The highest BCUT2D eigenvalue weighted by molar-refractivity contribution is 5.80. The Morgan fingerprint density at radius 3 is 2.53 bits per heavy atom. The van der Waals surface area contributed by atoms with E-state index >= 15 is 0 Å². The monoisotopic (exact) mass is 464 g/mol. The van der Waals surface area contributed by atoms with Crippen molar-refractivity contribution in [3.05, 3.63) is 64.7 Å². The van der Waals surface area contributed by atoms with Gasteiger partial charge in [-0.15, -0.1) is 0 Å². The number of nitriles is 1. The maximum atomic E-state index is 11.8. The van der Waals surface area contributed by atoms with Crippen molar-refractivity contribution in [3.8, 4) is 11.8 Å². The minimum atomic E-state index is -0.614. The normalized spacial score (nSPS) is 13.0. The van der Waals surface area contributed by atoms with Crippen LogP contribution in [0.15, 0.2) is 42.5 Å². The van der Waals surface area contributed by atoms with Crippen molar-refractivity contribution in [1.82, 2.24) is 4.90 Å². The second kappa shape index (κ2) is 13.3. The number of rotatable bonds is 14. The molecule has 0 aliphatic heterocycles. The van der Waals surface area contributed by atoms with E-state index in [1.165, 1.54) is 5.56 Å². The third-order valence-corrected chi connectivity index (χ3v) is 6.83. The fraction of sp³-hybridized carbons (Fsp3) is 0.517. The van der Waals surface area contributed by atoms with E-state index < -0.39 is 5.41 Å². The van der Waals surface area contributed by atoms with Gasteiger partial charge >= 0.3 is 0 Å². The van der Waals surface area contributed by atoms with Gasteiger partial charge < -0.3 is 14.7 Å². The summed E-state index contributed by atoms with van der Waals surface area (Å²) in [5, 5.41) is 20.0. The molecule has 0 spiro atoms. The summed E-state index contributed by atoms with van der Waals surface area (Å²) in [6.07, 6.45) is 3.65. The summed E-state index contributed by atoms with van der Waals surface area (Å²) in [6.45, 7) is 7.78. The van der Waals surface area contributed by atoms with Crippen LogP contribution in [0.3, 0.4) is 0 Å². The second-order valence-corrected chi connectivity index (χ2v) is 9.47. The van der Waals surface area contributed by atoms with Crippen LogP contribution in [-0.4, -0.2) is 43.0 Å². The molecule has 1 unspecified atom stereocenters. The van der Waals surface area contributed by atoms with Gasteiger partial charge in [-0.1, -0.05) is 51.1 Å². The molecule has 0 aliphatic carbocycles.